The molecule has 0 heterocycles. The molecular weight excluding hydrogens is 214 g/mol. The van der Waals surface area contributed by atoms with E-state index in [0.717, 1.165) is 18.7 Å². The van der Waals surface area contributed by atoms with Crippen LogP contribution in [0.5, 0.6) is 5.75 Å². The number of ether oxygens (including phenoxy) is 1. The van der Waals surface area contributed by atoms with Gasteiger partial charge in [0.1, 0.15) is 12.4 Å². The van der Waals surface area contributed by atoms with Crippen LogP contribution in [0.1, 0.15) is 24.5 Å². The highest BCUT2D eigenvalue weighted by atomic mass is 16.5. The van der Waals surface area contributed by atoms with E-state index in [1.165, 1.54) is 11.1 Å². The molecule has 2 N–H and O–H groups in total. The second-order valence-corrected chi connectivity index (χ2v) is 4.31. The van der Waals surface area contributed by atoms with Gasteiger partial charge in [-0.2, -0.15) is 0 Å². The van der Waals surface area contributed by atoms with Gasteiger partial charge in [-0.25, -0.2) is 0 Å². The molecule has 1 aromatic carbocycles. The van der Waals surface area contributed by atoms with E-state index in [2.05, 4.69) is 38.2 Å². The van der Waals surface area contributed by atoms with Crippen molar-refractivity contribution in [1.82, 2.24) is 5.32 Å². The highest BCUT2D eigenvalue weighted by Crippen LogP contribution is 2.21. The number of rotatable bonds is 7. The van der Waals surface area contributed by atoms with Crippen LogP contribution in [0.3, 0.4) is 0 Å². The van der Waals surface area contributed by atoms with E-state index >= 15 is 0 Å². The fraction of sp³-hybridized carbons (Fsp3) is 0.571. The van der Waals surface area contributed by atoms with Crippen LogP contribution in [0.25, 0.3) is 0 Å². The van der Waals surface area contributed by atoms with E-state index in [-0.39, 0.29) is 12.6 Å². The van der Waals surface area contributed by atoms with Gasteiger partial charge in [0, 0.05) is 12.6 Å². The molecule has 0 spiro atoms. The number of nitrogens with one attached hydrogen (secondary N) is 1. The number of benzene rings is 1. The summed E-state index contributed by atoms with van der Waals surface area (Å²) in [5.74, 6) is 0.978. The predicted octanol–water partition coefficient (Wildman–Crippen LogP) is 2.04. The molecule has 1 unspecified atom stereocenters. The molecule has 0 aromatic heterocycles. The standard InChI is InChI=1S/C14H23NO2/c1-4-13(10-16)15-8-9-17-14-11(2)6-5-7-12(14)3/h5-7,13,15-16H,4,8-10H2,1-3H3. The number of para-hydroxylation sites is 1. The SMILES string of the molecule is CCC(CO)NCCOc1c(C)cccc1C. The molecule has 0 saturated carbocycles. The second kappa shape index (κ2) is 7.30. The Morgan fingerprint density at radius 3 is 2.47 bits per heavy atom. The molecule has 0 aliphatic heterocycles. The van der Waals surface area contributed by atoms with E-state index < -0.39 is 0 Å². The molecule has 0 saturated heterocycles. The molecule has 0 bridgehead atoms. The van der Waals surface area contributed by atoms with Gasteiger partial charge in [-0.15, -0.1) is 0 Å². The third-order valence-corrected chi connectivity index (χ3v) is 2.90. The Balaban J connectivity index is 2.36. The molecule has 3 nitrogen and oxygen atoms in total. The van der Waals surface area contributed by atoms with Crippen LogP contribution in [-0.2, 0) is 0 Å². The Hall–Kier alpha value is -1.06. The maximum absolute atomic E-state index is 9.03. The minimum Gasteiger partial charge on any atom is -0.492 e. The molecule has 1 aromatic rings. The molecular formula is C14H23NO2. The fourth-order valence-corrected chi connectivity index (χ4v) is 1.78. The summed E-state index contributed by atoms with van der Waals surface area (Å²) in [6.45, 7) is 7.73. The van der Waals surface area contributed by atoms with Crippen molar-refractivity contribution in [2.45, 2.75) is 33.2 Å². The van der Waals surface area contributed by atoms with Gasteiger partial charge in [0.15, 0.2) is 0 Å². The first-order valence-electron chi connectivity index (χ1n) is 6.22. The third-order valence-electron chi connectivity index (χ3n) is 2.90. The average molecular weight is 237 g/mol. The monoisotopic (exact) mass is 237 g/mol. The Morgan fingerprint density at radius 1 is 1.29 bits per heavy atom. The number of aliphatic hydroxyl groups excluding tert-OH is 1. The van der Waals surface area contributed by atoms with E-state index in [0.29, 0.717) is 6.61 Å². The number of aryl methyl sites for hydroxylation is 2. The van der Waals surface area contributed by atoms with E-state index in [4.69, 9.17) is 9.84 Å². The van der Waals surface area contributed by atoms with Gasteiger partial charge in [0.2, 0.25) is 0 Å². The fourth-order valence-electron chi connectivity index (χ4n) is 1.78. The van der Waals surface area contributed by atoms with Gasteiger partial charge in [-0.1, -0.05) is 25.1 Å². The summed E-state index contributed by atoms with van der Waals surface area (Å²) < 4.78 is 5.76. The minimum atomic E-state index is 0.177. The van der Waals surface area contributed by atoms with Crippen molar-refractivity contribution >= 4 is 0 Å². The lowest BCUT2D eigenvalue weighted by Crippen LogP contribution is -2.34. The van der Waals surface area contributed by atoms with E-state index in [1.54, 1.807) is 0 Å². The lowest BCUT2D eigenvalue weighted by molar-refractivity contribution is 0.227. The molecule has 1 atom stereocenters. The number of hydrogen-bond donors (Lipinski definition) is 2. The van der Waals surface area contributed by atoms with Crippen molar-refractivity contribution in [2.75, 3.05) is 19.8 Å². The van der Waals surface area contributed by atoms with Crippen LogP contribution in [0, 0.1) is 13.8 Å². The van der Waals surface area contributed by atoms with Gasteiger partial charge in [-0.05, 0) is 31.4 Å². The molecule has 0 amide bonds. The van der Waals surface area contributed by atoms with Crippen LogP contribution in [0.2, 0.25) is 0 Å². The van der Waals surface area contributed by atoms with Gasteiger partial charge >= 0.3 is 0 Å². The van der Waals surface area contributed by atoms with Crippen LogP contribution < -0.4 is 10.1 Å². The minimum absolute atomic E-state index is 0.177. The molecule has 3 heteroatoms. The van der Waals surface area contributed by atoms with Gasteiger partial charge in [0.25, 0.3) is 0 Å². The molecule has 17 heavy (non-hydrogen) atoms. The van der Waals surface area contributed by atoms with E-state index in [9.17, 15) is 0 Å². The zero-order valence-corrected chi connectivity index (χ0v) is 11.0. The van der Waals surface area contributed by atoms with Crippen LogP contribution >= 0.6 is 0 Å². The summed E-state index contributed by atoms with van der Waals surface area (Å²) in [5, 5.41) is 12.3. The Labute approximate surface area is 104 Å². The van der Waals surface area contributed by atoms with Crippen molar-refractivity contribution in [3.05, 3.63) is 29.3 Å². The van der Waals surface area contributed by atoms with Crippen LogP contribution in [0.4, 0.5) is 0 Å². The molecule has 96 valence electrons. The summed E-state index contributed by atoms with van der Waals surface area (Å²) >= 11 is 0. The van der Waals surface area contributed by atoms with E-state index in [1.807, 2.05) is 6.07 Å². The number of aliphatic hydroxyl groups is 1. The van der Waals surface area contributed by atoms with Gasteiger partial charge in [0.05, 0.1) is 6.61 Å². The summed E-state index contributed by atoms with van der Waals surface area (Å²) in [6, 6.07) is 6.32. The Morgan fingerprint density at radius 2 is 1.94 bits per heavy atom. The zero-order valence-electron chi connectivity index (χ0n) is 11.0. The molecule has 0 fully saturated rings. The maximum Gasteiger partial charge on any atom is 0.125 e. The summed E-state index contributed by atoms with van der Waals surface area (Å²) in [7, 11) is 0. The molecule has 0 aliphatic rings. The zero-order chi connectivity index (χ0) is 12.7. The topological polar surface area (TPSA) is 41.5 Å². The third kappa shape index (κ3) is 4.36. The largest absolute Gasteiger partial charge is 0.492 e. The van der Waals surface area contributed by atoms with Gasteiger partial charge < -0.3 is 15.2 Å². The maximum atomic E-state index is 9.03. The second-order valence-electron chi connectivity index (χ2n) is 4.31. The first-order chi connectivity index (χ1) is 8.19. The highest BCUT2D eigenvalue weighted by Gasteiger charge is 2.04. The Kier molecular flexibility index (Phi) is 6.01. The Bertz CT molecular complexity index is 315. The summed E-state index contributed by atoms with van der Waals surface area (Å²) in [4.78, 5) is 0. The van der Waals surface area contributed by atoms with Crippen molar-refractivity contribution in [1.29, 1.82) is 0 Å². The van der Waals surface area contributed by atoms with Crippen LogP contribution in [-0.4, -0.2) is 30.9 Å². The smallest absolute Gasteiger partial charge is 0.125 e. The van der Waals surface area contributed by atoms with Crippen molar-refractivity contribution in [3.8, 4) is 5.75 Å². The lowest BCUT2D eigenvalue weighted by Gasteiger charge is -2.16. The van der Waals surface area contributed by atoms with Crippen molar-refractivity contribution < 1.29 is 9.84 Å². The van der Waals surface area contributed by atoms with Crippen LogP contribution in [0.15, 0.2) is 18.2 Å². The summed E-state index contributed by atoms with van der Waals surface area (Å²) in [5.41, 5.74) is 2.33. The quantitative estimate of drug-likeness (QED) is 0.713. The van der Waals surface area contributed by atoms with Crippen molar-refractivity contribution in [2.24, 2.45) is 0 Å². The molecule has 0 radical (unpaired) electrons. The first kappa shape index (κ1) is 14.0. The number of hydrogen-bond acceptors (Lipinski definition) is 3. The average Bonchev–Trinajstić information content (AvgIpc) is 2.32. The summed E-state index contributed by atoms with van der Waals surface area (Å²) in [6.07, 6.45) is 0.930. The predicted molar refractivity (Wildman–Crippen MR) is 70.6 cm³/mol. The molecule has 0 aliphatic carbocycles. The lowest BCUT2D eigenvalue weighted by atomic mass is 10.1. The van der Waals surface area contributed by atoms with Gasteiger partial charge in [-0.3, -0.25) is 0 Å². The molecule has 1 rings (SSSR count). The normalized spacial score (nSPS) is 12.5. The van der Waals surface area contributed by atoms with Crippen molar-refractivity contribution in [3.63, 3.8) is 0 Å². The highest BCUT2D eigenvalue weighted by molar-refractivity contribution is 5.39. The first-order valence-corrected chi connectivity index (χ1v) is 6.22.